The van der Waals surface area contributed by atoms with Crippen molar-refractivity contribution >= 4 is 25.5 Å². The Morgan fingerprint density at radius 1 is 1.02 bits per heavy atom. The van der Waals surface area contributed by atoms with Crippen LogP contribution in [0.4, 0.5) is 4.39 Å². The smallest absolute Gasteiger partial charge is 0.460 e. The van der Waals surface area contributed by atoms with Gasteiger partial charge in [0, 0.05) is 42.2 Å². The Hall–Kier alpha value is -3.15. The zero-order valence-corrected chi connectivity index (χ0v) is 22.8. The molecule has 13 heteroatoms. The molecule has 3 heterocycles. The van der Waals surface area contributed by atoms with Crippen LogP contribution in [0.15, 0.2) is 70.5 Å². The number of phosphoric ester groups is 1. The van der Waals surface area contributed by atoms with E-state index in [1.165, 1.54) is 12.3 Å². The van der Waals surface area contributed by atoms with Gasteiger partial charge in [0.25, 0.3) is 5.91 Å². The molecule has 1 atom stereocenters. The van der Waals surface area contributed by atoms with Gasteiger partial charge in [-0.2, -0.15) is 0 Å². The lowest BCUT2D eigenvalue weighted by Gasteiger charge is -2.70. The first-order valence-corrected chi connectivity index (χ1v) is 15.3. The van der Waals surface area contributed by atoms with Crippen LogP contribution in [0.2, 0.25) is 0 Å². The lowest BCUT2D eigenvalue weighted by Crippen LogP contribution is -2.79. The molecule has 2 bridgehead atoms. The number of amides is 1. The molecule has 0 radical (unpaired) electrons. The van der Waals surface area contributed by atoms with Crippen molar-refractivity contribution in [3.63, 3.8) is 0 Å². The van der Waals surface area contributed by atoms with Crippen LogP contribution in [-0.4, -0.2) is 49.9 Å². The maximum Gasteiger partial charge on any atom is 0.472 e. The fourth-order valence-electron chi connectivity index (χ4n) is 6.50. The fourth-order valence-corrected chi connectivity index (χ4v) is 7.79. The summed E-state index contributed by atoms with van der Waals surface area (Å²) in [6, 6.07) is 17.0. The number of carbonyl (C=O) groups excluding carboxylic acids is 1. The normalized spacial score (nSPS) is 26.6. The van der Waals surface area contributed by atoms with Crippen LogP contribution in [0.25, 0.3) is 0 Å². The molecule has 0 unspecified atom stereocenters. The molecule has 3 aromatic rings. The van der Waals surface area contributed by atoms with E-state index < -0.39 is 37.2 Å². The monoisotopic (exact) mass is 585 g/mol. The van der Waals surface area contributed by atoms with Crippen LogP contribution in [0.1, 0.15) is 52.5 Å². The average molecular weight is 586 g/mol. The van der Waals surface area contributed by atoms with Crippen molar-refractivity contribution in [2.45, 2.75) is 47.2 Å². The van der Waals surface area contributed by atoms with E-state index in [0.29, 0.717) is 0 Å². The number of carbonyl (C=O) groups is 1. The van der Waals surface area contributed by atoms with Gasteiger partial charge < -0.3 is 19.4 Å². The summed E-state index contributed by atoms with van der Waals surface area (Å²) in [6.45, 7) is -0.796. The summed E-state index contributed by atoms with van der Waals surface area (Å²) in [4.78, 5) is 47.9. The summed E-state index contributed by atoms with van der Waals surface area (Å²) >= 11 is 1.72. The first-order chi connectivity index (χ1) is 19.1. The highest BCUT2D eigenvalue weighted by atomic mass is 32.2. The van der Waals surface area contributed by atoms with Crippen LogP contribution < -0.4 is 15.2 Å². The zero-order chi connectivity index (χ0) is 27.9. The Balaban J connectivity index is 1.40. The molecule has 2 aliphatic heterocycles. The summed E-state index contributed by atoms with van der Waals surface area (Å²) in [5.74, 6) is -0.146. The number of hydrogen-bond acceptors (Lipinski definition) is 7. The molecule has 3 saturated carbocycles. The highest BCUT2D eigenvalue weighted by molar-refractivity contribution is 7.98. The Bertz CT molecular complexity index is 1590. The molecule has 1 amide bonds. The molecule has 3 fully saturated rings. The number of thioether (sulfide) groups is 1. The number of alkyl halides is 1. The molecule has 3 aliphatic carbocycles. The second-order valence-corrected chi connectivity index (χ2v) is 13.0. The second-order valence-electron chi connectivity index (χ2n) is 10.7. The Labute approximate surface area is 232 Å². The van der Waals surface area contributed by atoms with Crippen molar-refractivity contribution in [1.29, 1.82) is 0 Å². The molecule has 2 aromatic carbocycles. The van der Waals surface area contributed by atoms with Gasteiger partial charge in [-0.3, -0.25) is 19.3 Å². The maximum atomic E-state index is 14.7. The Morgan fingerprint density at radius 2 is 1.73 bits per heavy atom. The molecule has 0 saturated heterocycles. The van der Waals surface area contributed by atoms with Crippen LogP contribution in [0, 0.1) is 0 Å². The molecular formula is C27H25FN3O7PS. The molecule has 208 valence electrons. The number of phosphoric acid groups is 1. The summed E-state index contributed by atoms with van der Waals surface area (Å²) in [7, 11) is -4.89. The fraction of sp³-hybridized carbons (Fsp3) is 0.333. The van der Waals surface area contributed by atoms with Crippen LogP contribution >= 0.6 is 19.6 Å². The predicted octanol–water partition coefficient (Wildman–Crippen LogP) is 3.69. The predicted molar refractivity (Wildman–Crippen MR) is 143 cm³/mol. The zero-order valence-electron chi connectivity index (χ0n) is 21.1. The SMILES string of the molecule is O=C1c2c(OCOP(=O)(O)O)c(=O)ccn2N([C@H]2c3ccccc3CSc3ccccc32)CN1C12CC(F)(C1)C2. The van der Waals surface area contributed by atoms with E-state index in [1.54, 1.807) is 21.3 Å². The van der Waals surface area contributed by atoms with E-state index >= 15 is 0 Å². The number of ether oxygens (including phenoxy) is 1. The van der Waals surface area contributed by atoms with Crippen molar-refractivity contribution in [3.05, 3.63) is 93.4 Å². The lowest BCUT2D eigenvalue weighted by molar-refractivity contribution is -0.214. The summed E-state index contributed by atoms with van der Waals surface area (Å²) in [5, 5.41) is 1.97. The van der Waals surface area contributed by atoms with Crippen LogP contribution in [0.5, 0.6) is 5.75 Å². The number of fused-ring (bicyclic) bond motifs is 3. The maximum absolute atomic E-state index is 14.7. The highest BCUT2D eigenvalue weighted by Gasteiger charge is 2.73. The van der Waals surface area contributed by atoms with E-state index in [-0.39, 0.29) is 43.4 Å². The summed E-state index contributed by atoms with van der Waals surface area (Å²) in [6.07, 6.45) is 2.18. The largest absolute Gasteiger partial charge is 0.472 e. The van der Waals surface area contributed by atoms with Crippen LogP contribution in [-0.2, 0) is 14.8 Å². The number of aromatic nitrogens is 1. The first-order valence-electron chi connectivity index (χ1n) is 12.7. The Morgan fingerprint density at radius 3 is 2.45 bits per heavy atom. The van der Waals surface area contributed by atoms with Crippen molar-refractivity contribution in [2.75, 3.05) is 18.5 Å². The number of benzene rings is 2. The third-order valence-corrected chi connectivity index (χ3v) is 9.80. The molecular weight excluding hydrogens is 560 g/mol. The third kappa shape index (κ3) is 4.01. The van der Waals surface area contributed by atoms with Crippen molar-refractivity contribution in [1.82, 2.24) is 9.58 Å². The number of pyridine rings is 1. The Kier molecular flexibility index (Phi) is 5.75. The standard InChI is InChI=1S/C27H25FN3O7PS/c28-26-12-27(13-26,14-26)29-15-31(22-18-6-2-1-5-17(18)11-40-21-8-4-3-7-19(21)22)30-10-9-20(32)24(23(30)25(29)33)37-16-38-39(34,35)36/h1-10,22H,11-16H2,(H2,34,35,36)/t22-,26?,27?/m0/s1. The number of nitrogens with zero attached hydrogens (tertiary/aromatic N) is 3. The molecule has 8 rings (SSSR count). The van der Waals surface area contributed by atoms with Gasteiger partial charge >= 0.3 is 7.82 Å². The van der Waals surface area contributed by atoms with Crippen molar-refractivity contribution < 1.29 is 32.8 Å². The summed E-state index contributed by atoms with van der Waals surface area (Å²) in [5.41, 5.74) is 0.492. The lowest BCUT2D eigenvalue weighted by atomic mass is 9.46. The molecule has 10 nitrogen and oxygen atoms in total. The van der Waals surface area contributed by atoms with E-state index in [9.17, 15) is 18.5 Å². The van der Waals surface area contributed by atoms with Gasteiger partial charge in [0.1, 0.15) is 12.3 Å². The molecule has 1 aromatic heterocycles. The van der Waals surface area contributed by atoms with Crippen LogP contribution in [0.3, 0.4) is 0 Å². The minimum Gasteiger partial charge on any atom is -0.460 e. The van der Waals surface area contributed by atoms with Gasteiger partial charge in [-0.15, -0.1) is 11.8 Å². The molecule has 40 heavy (non-hydrogen) atoms. The molecule has 2 N–H and O–H groups in total. The second kappa shape index (κ2) is 8.92. The van der Waals surface area contributed by atoms with Gasteiger partial charge in [-0.1, -0.05) is 42.5 Å². The summed E-state index contributed by atoms with van der Waals surface area (Å²) < 4.78 is 37.4. The number of rotatable bonds is 6. The topological polar surface area (TPSA) is 122 Å². The van der Waals surface area contributed by atoms with Gasteiger partial charge in [-0.25, -0.2) is 13.5 Å². The van der Waals surface area contributed by atoms with Gasteiger partial charge in [-0.05, 0) is 22.8 Å². The highest BCUT2D eigenvalue weighted by Crippen LogP contribution is 2.66. The third-order valence-electron chi connectivity index (χ3n) is 8.22. The quantitative estimate of drug-likeness (QED) is 0.330. The van der Waals surface area contributed by atoms with Crippen molar-refractivity contribution in [3.8, 4) is 5.75 Å². The van der Waals surface area contributed by atoms with Gasteiger partial charge in [0.2, 0.25) is 18.0 Å². The molecule has 0 spiro atoms. The van der Waals surface area contributed by atoms with Crippen molar-refractivity contribution in [2.24, 2.45) is 0 Å². The minimum atomic E-state index is -4.89. The van der Waals surface area contributed by atoms with E-state index in [2.05, 4.69) is 22.7 Å². The number of hydrogen-bond donors (Lipinski definition) is 2. The minimum absolute atomic E-state index is 0.0995. The average Bonchev–Trinajstić information content (AvgIpc) is 3.04. The van der Waals surface area contributed by atoms with Gasteiger partial charge in [0.15, 0.2) is 5.69 Å². The van der Waals surface area contributed by atoms with E-state index in [1.807, 2.05) is 35.3 Å². The molecule has 5 aliphatic rings. The first kappa shape index (κ1) is 25.8. The van der Waals surface area contributed by atoms with Gasteiger partial charge in [0.05, 0.1) is 11.6 Å². The van der Waals surface area contributed by atoms with E-state index in [0.717, 1.165) is 27.3 Å². The van der Waals surface area contributed by atoms with E-state index in [4.69, 9.17) is 14.5 Å². The number of halogens is 1.